The maximum absolute atomic E-state index is 12.1. The number of imidazole rings is 1. The summed E-state index contributed by atoms with van der Waals surface area (Å²) in [6, 6.07) is 8.12. The first-order valence-electron chi connectivity index (χ1n) is 9.53. The fourth-order valence-electron chi connectivity index (χ4n) is 3.69. The molecule has 26 heavy (non-hydrogen) atoms. The Morgan fingerprint density at radius 3 is 2.81 bits per heavy atom. The molecule has 140 valence electrons. The predicted octanol–water partition coefficient (Wildman–Crippen LogP) is 0.976. The second-order valence-corrected chi connectivity index (χ2v) is 7.19. The van der Waals surface area contributed by atoms with Crippen molar-refractivity contribution in [3.63, 3.8) is 0 Å². The molecule has 1 unspecified atom stereocenters. The Morgan fingerprint density at radius 2 is 2.04 bits per heavy atom. The van der Waals surface area contributed by atoms with Crippen molar-refractivity contribution in [3.8, 4) is 0 Å². The van der Waals surface area contributed by atoms with E-state index in [0.717, 1.165) is 69.0 Å². The number of ether oxygens (including phenoxy) is 1. The Balaban J connectivity index is 1.19. The third-order valence-corrected chi connectivity index (χ3v) is 5.19. The first-order valence-corrected chi connectivity index (χ1v) is 9.53. The van der Waals surface area contributed by atoms with Gasteiger partial charge in [-0.15, -0.1) is 0 Å². The van der Waals surface area contributed by atoms with Crippen LogP contribution in [0.4, 0.5) is 0 Å². The molecule has 0 saturated carbocycles. The van der Waals surface area contributed by atoms with Crippen LogP contribution in [-0.2, 0) is 16.1 Å². The number of H-pyrrole nitrogens is 1. The van der Waals surface area contributed by atoms with Crippen molar-refractivity contribution >= 4 is 16.9 Å². The lowest BCUT2D eigenvalue weighted by molar-refractivity contribution is -0.123. The maximum Gasteiger partial charge on any atom is 0.234 e. The van der Waals surface area contributed by atoms with E-state index in [9.17, 15) is 4.79 Å². The SMILES string of the molecule is O=C(CN1CCN(Cc2nc3ccccc3[nH]2)CC1)NCC1CCCO1. The predicted molar refractivity (Wildman–Crippen MR) is 99.8 cm³/mol. The molecule has 0 aliphatic carbocycles. The molecule has 1 amide bonds. The van der Waals surface area contributed by atoms with Crippen molar-refractivity contribution in [2.24, 2.45) is 0 Å². The first-order chi connectivity index (χ1) is 12.8. The minimum Gasteiger partial charge on any atom is -0.376 e. The van der Waals surface area contributed by atoms with Gasteiger partial charge in [0.2, 0.25) is 5.91 Å². The zero-order chi connectivity index (χ0) is 17.8. The van der Waals surface area contributed by atoms with E-state index < -0.39 is 0 Å². The quantitative estimate of drug-likeness (QED) is 0.806. The Labute approximate surface area is 153 Å². The zero-order valence-electron chi connectivity index (χ0n) is 15.1. The summed E-state index contributed by atoms with van der Waals surface area (Å²) >= 11 is 0. The normalized spacial score (nSPS) is 22.1. The monoisotopic (exact) mass is 357 g/mol. The van der Waals surface area contributed by atoms with Crippen LogP contribution in [0.3, 0.4) is 0 Å². The van der Waals surface area contributed by atoms with E-state index in [1.807, 2.05) is 18.2 Å². The van der Waals surface area contributed by atoms with E-state index in [1.54, 1.807) is 0 Å². The molecule has 0 spiro atoms. The lowest BCUT2D eigenvalue weighted by atomic mass is 10.2. The lowest BCUT2D eigenvalue weighted by Gasteiger charge is -2.33. The lowest BCUT2D eigenvalue weighted by Crippen LogP contribution is -2.49. The number of aromatic amines is 1. The van der Waals surface area contributed by atoms with Gasteiger partial charge in [0.1, 0.15) is 5.82 Å². The van der Waals surface area contributed by atoms with Gasteiger partial charge in [-0.25, -0.2) is 4.98 Å². The maximum atomic E-state index is 12.1. The highest BCUT2D eigenvalue weighted by molar-refractivity contribution is 5.78. The van der Waals surface area contributed by atoms with Crippen LogP contribution in [-0.4, -0.2) is 77.7 Å². The molecule has 1 aromatic carbocycles. The van der Waals surface area contributed by atoms with E-state index in [4.69, 9.17) is 4.74 Å². The van der Waals surface area contributed by atoms with E-state index in [1.165, 1.54) is 0 Å². The molecule has 2 saturated heterocycles. The van der Waals surface area contributed by atoms with E-state index in [0.29, 0.717) is 13.1 Å². The zero-order valence-corrected chi connectivity index (χ0v) is 15.1. The van der Waals surface area contributed by atoms with Crippen LogP contribution < -0.4 is 5.32 Å². The molecule has 4 rings (SSSR count). The number of benzene rings is 1. The molecule has 0 radical (unpaired) electrons. The second-order valence-electron chi connectivity index (χ2n) is 7.19. The Hall–Kier alpha value is -1.96. The van der Waals surface area contributed by atoms with Gasteiger partial charge in [0.15, 0.2) is 0 Å². The van der Waals surface area contributed by atoms with Crippen LogP contribution >= 0.6 is 0 Å². The number of para-hydroxylation sites is 2. The summed E-state index contributed by atoms with van der Waals surface area (Å²) in [5, 5.41) is 3.00. The molecular weight excluding hydrogens is 330 g/mol. The molecule has 1 aromatic heterocycles. The fourth-order valence-corrected chi connectivity index (χ4v) is 3.69. The third-order valence-electron chi connectivity index (χ3n) is 5.19. The molecule has 2 N–H and O–H groups in total. The van der Waals surface area contributed by atoms with Crippen molar-refractivity contribution in [3.05, 3.63) is 30.1 Å². The molecule has 2 aliphatic heterocycles. The molecule has 7 nitrogen and oxygen atoms in total. The van der Waals surface area contributed by atoms with Gasteiger partial charge in [0.05, 0.1) is 30.2 Å². The van der Waals surface area contributed by atoms with Gasteiger partial charge in [-0.3, -0.25) is 14.6 Å². The molecule has 2 fully saturated rings. The minimum absolute atomic E-state index is 0.103. The summed E-state index contributed by atoms with van der Waals surface area (Å²) in [7, 11) is 0. The number of carbonyl (C=O) groups excluding carboxylic acids is 1. The summed E-state index contributed by atoms with van der Waals surface area (Å²) in [5.74, 6) is 1.11. The van der Waals surface area contributed by atoms with Crippen LogP contribution in [0.2, 0.25) is 0 Å². The molecule has 2 aromatic rings. The highest BCUT2D eigenvalue weighted by atomic mass is 16.5. The molecule has 2 aliphatic rings. The topological polar surface area (TPSA) is 73.5 Å². The fraction of sp³-hybridized carbons (Fsp3) is 0.579. The van der Waals surface area contributed by atoms with Crippen molar-refractivity contribution in [2.75, 3.05) is 45.9 Å². The van der Waals surface area contributed by atoms with Gasteiger partial charge < -0.3 is 15.0 Å². The van der Waals surface area contributed by atoms with Crippen molar-refractivity contribution in [1.82, 2.24) is 25.1 Å². The van der Waals surface area contributed by atoms with Crippen molar-refractivity contribution in [2.45, 2.75) is 25.5 Å². The van der Waals surface area contributed by atoms with E-state index in [2.05, 4.69) is 31.2 Å². The number of carbonyl (C=O) groups is 1. The Bertz CT molecular complexity index is 699. The first kappa shape index (κ1) is 17.5. The van der Waals surface area contributed by atoms with Gasteiger partial charge >= 0.3 is 0 Å². The van der Waals surface area contributed by atoms with Crippen LogP contribution in [0, 0.1) is 0 Å². The highest BCUT2D eigenvalue weighted by Gasteiger charge is 2.21. The molecule has 0 bridgehead atoms. The van der Waals surface area contributed by atoms with Gasteiger partial charge in [0.25, 0.3) is 0 Å². The number of amides is 1. The van der Waals surface area contributed by atoms with Crippen LogP contribution in [0.25, 0.3) is 11.0 Å². The Kier molecular flexibility index (Phi) is 5.48. The highest BCUT2D eigenvalue weighted by Crippen LogP contribution is 2.13. The summed E-state index contributed by atoms with van der Waals surface area (Å²) < 4.78 is 5.54. The summed E-state index contributed by atoms with van der Waals surface area (Å²) in [6.07, 6.45) is 2.37. The number of fused-ring (bicyclic) bond motifs is 1. The van der Waals surface area contributed by atoms with Gasteiger partial charge in [-0.05, 0) is 25.0 Å². The summed E-state index contributed by atoms with van der Waals surface area (Å²) in [4.78, 5) is 24.7. The number of hydrogen-bond donors (Lipinski definition) is 2. The van der Waals surface area contributed by atoms with Gasteiger partial charge in [-0.1, -0.05) is 12.1 Å². The van der Waals surface area contributed by atoms with Gasteiger partial charge in [-0.2, -0.15) is 0 Å². The van der Waals surface area contributed by atoms with E-state index in [-0.39, 0.29) is 12.0 Å². The molecule has 1 atom stereocenters. The van der Waals surface area contributed by atoms with Crippen LogP contribution in [0.15, 0.2) is 24.3 Å². The average molecular weight is 357 g/mol. The molecule has 3 heterocycles. The third kappa shape index (κ3) is 4.41. The smallest absolute Gasteiger partial charge is 0.234 e. The number of aromatic nitrogens is 2. The number of nitrogens with one attached hydrogen (secondary N) is 2. The van der Waals surface area contributed by atoms with Crippen LogP contribution in [0.1, 0.15) is 18.7 Å². The number of rotatable bonds is 6. The summed E-state index contributed by atoms with van der Waals surface area (Å²) in [5.41, 5.74) is 2.10. The van der Waals surface area contributed by atoms with E-state index >= 15 is 0 Å². The summed E-state index contributed by atoms with van der Waals surface area (Å²) in [6.45, 7) is 6.50. The average Bonchev–Trinajstić information content (AvgIpc) is 3.30. The van der Waals surface area contributed by atoms with Crippen molar-refractivity contribution < 1.29 is 9.53 Å². The standard InChI is InChI=1S/C19H27N5O2/c25-19(20-12-15-4-3-11-26-15)14-24-9-7-23(8-10-24)13-18-21-16-5-1-2-6-17(16)22-18/h1-2,5-6,15H,3-4,7-14H2,(H,20,25)(H,21,22). The van der Waals surface area contributed by atoms with Crippen LogP contribution in [0.5, 0.6) is 0 Å². The van der Waals surface area contributed by atoms with Crippen molar-refractivity contribution in [1.29, 1.82) is 0 Å². The number of piperazine rings is 1. The molecule has 7 heteroatoms. The largest absolute Gasteiger partial charge is 0.376 e. The van der Waals surface area contributed by atoms with Gasteiger partial charge in [0, 0.05) is 39.3 Å². The molecular formula is C19H27N5O2. The second kappa shape index (κ2) is 8.16. The number of nitrogens with zero attached hydrogens (tertiary/aromatic N) is 3. The minimum atomic E-state index is 0.103. The Morgan fingerprint density at radius 1 is 1.23 bits per heavy atom. The number of hydrogen-bond acceptors (Lipinski definition) is 5.